The fourth-order valence-corrected chi connectivity index (χ4v) is 5.43. The summed E-state index contributed by atoms with van der Waals surface area (Å²) in [6.45, 7) is 2.40. The van der Waals surface area contributed by atoms with Crippen molar-refractivity contribution in [2.45, 2.75) is 50.7 Å². The normalized spacial score (nSPS) is 18.9. The van der Waals surface area contributed by atoms with Crippen molar-refractivity contribution in [3.05, 3.63) is 40.9 Å². The summed E-state index contributed by atoms with van der Waals surface area (Å²) in [5.74, 6) is 0.115. The molecular weight excluding hydrogens is 478 g/mol. The van der Waals surface area contributed by atoms with E-state index >= 15 is 0 Å². The van der Waals surface area contributed by atoms with Gasteiger partial charge in [-0.1, -0.05) is 29.5 Å². The third-order valence-corrected chi connectivity index (χ3v) is 7.15. The molecule has 1 amide bonds. The molecule has 11 heteroatoms. The second-order valence-electron chi connectivity index (χ2n) is 8.55. The number of carbonyl (C=O) groups excluding carboxylic acids is 1. The maximum absolute atomic E-state index is 13.2. The molecular formula is C23H24ClN5O4S. The zero-order valence-corrected chi connectivity index (χ0v) is 20.4. The van der Waals surface area contributed by atoms with Crippen molar-refractivity contribution < 1.29 is 19.0 Å². The molecule has 4 heterocycles. The lowest BCUT2D eigenvalue weighted by Gasteiger charge is -2.20. The maximum atomic E-state index is 13.2. The Morgan fingerprint density at radius 2 is 2.03 bits per heavy atom. The first-order chi connectivity index (χ1) is 16.4. The van der Waals surface area contributed by atoms with Crippen LogP contribution in [-0.4, -0.2) is 51.5 Å². The molecule has 1 aliphatic heterocycles. The summed E-state index contributed by atoms with van der Waals surface area (Å²) in [7, 11) is 1.54. The highest BCUT2D eigenvalue weighted by molar-refractivity contribution is 7.17. The molecule has 1 N–H and O–H groups in total. The molecule has 0 bridgehead atoms. The van der Waals surface area contributed by atoms with Crippen molar-refractivity contribution in [2.24, 2.45) is 0 Å². The number of aromatic nitrogens is 4. The van der Waals surface area contributed by atoms with Crippen molar-refractivity contribution in [1.29, 1.82) is 0 Å². The minimum atomic E-state index is -0.380. The Labute approximate surface area is 205 Å². The van der Waals surface area contributed by atoms with Crippen LogP contribution in [0.3, 0.4) is 0 Å². The Bertz CT molecular complexity index is 1210. The molecule has 178 valence electrons. The van der Waals surface area contributed by atoms with Crippen LogP contribution in [0.25, 0.3) is 11.1 Å². The highest BCUT2D eigenvalue weighted by Crippen LogP contribution is 2.42. The molecule has 3 aromatic rings. The summed E-state index contributed by atoms with van der Waals surface area (Å²) in [4.78, 5) is 21.5. The lowest BCUT2D eigenvalue weighted by molar-refractivity contribution is 0.00768. The number of hydrogen-bond donors (Lipinski definition) is 1. The van der Waals surface area contributed by atoms with Crippen LogP contribution in [-0.2, 0) is 4.74 Å². The number of nitrogens with one attached hydrogen (secondary N) is 1. The smallest absolute Gasteiger partial charge is 0.296 e. The predicted octanol–water partition coefficient (Wildman–Crippen LogP) is 4.70. The van der Waals surface area contributed by atoms with Crippen molar-refractivity contribution >= 4 is 34.0 Å². The molecule has 1 saturated carbocycles. The SMILES string of the molecule is COc1cnc(Cl)cc1-c1cc(C)ncc1C(=O)Nc1nnc(O[C@H]2COC3(CCCC3)C2)s1. The third kappa shape index (κ3) is 4.70. The second kappa shape index (κ2) is 9.44. The number of hydrogen-bond acceptors (Lipinski definition) is 9. The Balaban J connectivity index is 1.32. The van der Waals surface area contributed by atoms with Gasteiger partial charge in [-0.2, -0.15) is 0 Å². The van der Waals surface area contributed by atoms with Crippen LogP contribution < -0.4 is 14.8 Å². The van der Waals surface area contributed by atoms with Gasteiger partial charge >= 0.3 is 0 Å². The van der Waals surface area contributed by atoms with Crippen molar-refractivity contribution in [2.75, 3.05) is 19.0 Å². The third-order valence-electron chi connectivity index (χ3n) is 6.21. The number of carbonyl (C=O) groups is 1. The van der Waals surface area contributed by atoms with Crippen LogP contribution in [0.2, 0.25) is 5.15 Å². The monoisotopic (exact) mass is 501 g/mol. The van der Waals surface area contributed by atoms with E-state index in [1.807, 2.05) is 6.92 Å². The zero-order valence-electron chi connectivity index (χ0n) is 18.8. The fourth-order valence-electron chi connectivity index (χ4n) is 4.61. The molecule has 9 nitrogen and oxygen atoms in total. The number of methoxy groups -OCH3 is 1. The van der Waals surface area contributed by atoms with E-state index in [0.29, 0.717) is 39.4 Å². The highest BCUT2D eigenvalue weighted by atomic mass is 35.5. The average Bonchev–Trinajstić information content (AvgIpc) is 3.57. The van der Waals surface area contributed by atoms with Gasteiger partial charge in [-0.15, -0.1) is 5.10 Å². The van der Waals surface area contributed by atoms with Crippen LogP contribution in [0.1, 0.15) is 48.2 Å². The van der Waals surface area contributed by atoms with E-state index in [9.17, 15) is 4.79 Å². The van der Waals surface area contributed by atoms with Crippen LogP contribution >= 0.6 is 22.9 Å². The molecule has 1 spiro atoms. The molecule has 1 aliphatic carbocycles. The molecule has 0 radical (unpaired) electrons. The number of ether oxygens (including phenoxy) is 3. The summed E-state index contributed by atoms with van der Waals surface area (Å²) in [5, 5.41) is 12.0. The average molecular weight is 502 g/mol. The maximum Gasteiger partial charge on any atom is 0.296 e. The van der Waals surface area contributed by atoms with Gasteiger partial charge in [-0.05, 0) is 43.2 Å². The topological polar surface area (TPSA) is 108 Å². The minimum absolute atomic E-state index is 0.0296. The van der Waals surface area contributed by atoms with Crippen molar-refractivity contribution in [3.63, 3.8) is 0 Å². The Morgan fingerprint density at radius 3 is 2.82 bits per heavy atom. The van der Waals surface area contributed by atoms with Gasteiger partial charge in [0, 0.05) is 29.4 Å². The molecule has 1 atom stereocenters. The summed E-state index contributed by atoms with van der Waals surface area (Å²) in [5.41, 5.74) is 2.32. The first kappa shape index (κ1) is 22.9. The van der Waals surface area contributed by atoms with E-state index in [1.54, 1.807) is 12.1 Å². The number of nitrogens with zero attached hydrogens (tertiary/aromatic N) is 4. The van der Waals surface area contributed by atoms with E-state index in [1.165, 1.54) is 43.7 Å². The molecule has 0 aromatic carbocycles. The van der Waals surface area contributed by atoms with Crippen LogP contribution in [0.5, 0.6) is 10.9 Å². The Kier molecular flexibility index (Phi) is 6.37. The van der Waals surface area contributed by atoms with Gasteiger partial charge in [0.2, 0.25) is 5.13 Å². The molecule has 1 saturated heterocycles. The second-order valence-corrected chi connectivity index (χ2v) is 9.88. The zero-order chi connectivity index (χ0) is 23.7. The van der Waals surface area contributed by atoms with Crippen molar-refractivity contribution in [1.82, 2.24) is 20.2 Å². The molecule has 2 aliphatic rings. The fraction of sp³-hybridized carbons (Fsp3) is 0.435. The van der Waals surface area contributed by atoms with E-state index in [0.717, 1.165) is 25.0 Å². The molecule has 34 heavy (non-hydrogen) atoms. The molecule has 2 fully saturated rings. The summed E-state index contributed by atoms with van der Waals surface area (Å²) in [6, 6.07) is 3.46. The standard InChI is InChI=1S/C23H24ClN5O4S/c1-13-7-15(16-8-19(24)26-11-18(16)31-2)17(10-25-13)20(30)27-21-28-29-22(34-21)33-14-9-23(32-12-14)5-3-4-6-23/h7-8,10-11,14H,3-6,9,12H2,1-2H3,(H,27,28,30)/t14-/m1/s1. The largest absolute Gasteiger partial charge is 0.494 e. The Hall–Kier alpha value is -2.82. The van der Waals surface area contributed by atoms with Crippen LogP contribution in [0.15, 0.2) is 24.5 Å². The van der Waals surface area contributed by atoms with E-state index < -0.39 is 0 Å². The van der Waals surface area contributed by atoms with Gasteiger partial charge in [0.15, 0.2) is 0 Å². The lowest BCUT2D eigenvalue weighted by atomic mass is 9.97. The van der Waals surface area contributed by atoms with E-state index in [4.69, 9.17) is 25.8 Å². The number of amides is 1. The highest BCUT2D eigenvalue weighted by Gasteiger charge is 2.43. The van der Waals surface area contributed by atoms with Gasteiger partial charge in [0.25, 0.3) is 11.1 Å². The van der Waals surface area contributed by atoms with Crippen molar-refractivity contribution in [3.8, 4) is 22.1 Å². The summed E-state index contributed by atoms with van der Waals surface area (Å²) in [6.07, 6.45) is 8.43. The van der Waals surface area contributed by atoms with E-state index in [-0.39, 0.29) is 22.8 Å². The predicted molar refractivity (Wildman–Crippen MR) is 128 cm³/mol. The molecule has 5 rings (SSSR count). The van der Waals surface area contributed by atoms with Crippen LogP contribution in [0, 0.1) is 6.92 Å². The first-order valence-electron chi connectivity index (χ1n) is 11.1. The van der Waals surface area contributed by atoms with Gasteiger partial charge in [0.05, 0.1) is 31.1 Å². The van der Waals surface area contributed by atoms with Crippen LogP contribution in [0.4, 0.5) is 5.13 Å². The summed E-state index contributed by atoms with van der Waals surface area (Å²) >= 11 is 7.30. The van der Waals surface area contributed by atoms with Gasteiger partial charge in [-0.3, -0.25) is 15.1 Å². The van der Waals surface area contributed by atoms with Gasteiger partial charge in [0.1, 0.15) is 17.0 Å². The van der Waals surface area contributed by atoms with Gasteiger partial charge < -0.3 is 14.2 Å². The number of anilines is 1. The number of aryl methyl sites for hydroxylation is 1. The van der Waals surface area contributed by atoms with E-state index in [2.05, 4.69) is 25.5 Å². The Morgan fingerprint density at radius 1 is 1.21 bits per heavy atom. The number of pyridine rings is 2. The first-order valence-corrected chi connectivity index (χ1v) is 12.3. The molecule has 0 unspecified atom stereocenters. The number of rotatable bonds is 6. The summed E-state index contributed by atoms with van der Waals surface area (Å²) < 4.78 is 17.5. The minimum Gasteiger partial charge on any atom is -0.494 e. The quantitative estimate of drug-likeness (QED) is 0.484. The number of halogens is 1. The molecule has 3 aromatic heterocycles. The van der Waals surface area contributed by atoms with Gasteiger partial charge in [-0.25, -0.2) is 4.98 Å². The lowest BCUT2D eigenvalue weighted by Crippen LogP contribution is -2.24.